The molecule has 15 heavy (non-hydrogen) atoms. The van der Waals surface area contributed by atoms with Gasteiger partial charge in [-0.25, -0.2) is 0 Å². The predicted octanol–water partition coefficient (Wildman–Crippen LogP) is 0.764. The van der Waals surface area contributed by atoms with Gasteiger partial charge in [-0.3, -0.25) is 0 Å². The van der Waals surface area contributed by atoms with Crippen molar-refractivity contribution < 1.29 is 14.2 Å². The SMILES string of the molecule is CNC(CC1OCCO1)C1CCCOC1. The van der Waals surface area contributed by atoms with Gasteiger partial charge < -0.3 is 19.5 Å². The molecule has 0 amide bonds. The van der Waals surface area contributed by atoms with E-state index in [1.54, 1.807) is 0 Å². The fourth-order valence-electron chi connectivity index (χ4n) is 2.38. The van der Waals surface area contributed by atoms with Crippen LogP contribution in [-0.2, 0) is 14.2 Å². The molecule has 0 spiro atoms. The average Bonchev–Trinajstić information content (AvgIpc) is 2.80. The molecule has 4 heteroatoms. The largest absolute Gasteiger partial charge is 0.381 e. The molecule has 2 heterocycles. The second-order valence-corrected chi connectivity index (χ2v) is 4.28. The summed E-state index contributed by atoms with van der Waals surface area (Å²) in [5.74, 6) is 0.608. The fourth-order valence-corrected chi connectivity index (χ4v) is 2.38. The summed E-state index contributed by atoms with van der Waals surface area (Å²) < 4.78 is 16.5. The number of hydrogen-bond donors (Lipinski definition) is 1. The molecule has 2 saturated heterocycles. The molecule has 2 atom stereocenters. The standard InChI is InChI=1S/C11H21NO3/c1-12-10(7-11-14-5-6-15-11)9-3-2-4-13-8-9/h9-12H,2-8H2,1H3. The van der Waals surface area contributed by atoms with Crippen LogP contribution in [0.3, 0.4) is 0 Å². The Bertz CT molecular complexity index is 177. The summed E-state index contributed by atoms with van der Waals surface area (Å²) in [7, 11) is 2.01. The van der Waals surface area contributed by atoms with Crippen molar-refractivity contribution in [3.63, 3.8) is 0 Å². The van der Waals surface area contributed by atoms with Crippen LogP contribution in [0.1, 0.15) is 19.3 Å². The number of hydrogen-bond acceptors (Lipinski definition) is 4. The predicted molar refractivity (Wildman–Crippen MR) is 56.7 cm³/mol. The lowest BCUT2D eigenvalue weighted by molar-refractivity contribution is -0.0626. The average molecular weight is 215 g/mol. The summed E-state index contributed by atoms with van der Waals surface area (Å²) in [6.45, 7) is 3.27. The van der Waals surface area contributed by atoms with E-state index in [1.807, 2.05) is 7.05 Å². The number of rotatable bonds is 4. The lowest BCUT2D eigenvalue weighted by Gasteiger charge is -2.31. The second kappa shape index (κ2) is 5.80. The summed E-state index contributed by atoms with van der Waals surface area (Å²) >= 11 is 0. The first kappa shape index (κ1) is 11.3. The molecule has 4 nitrogen and oxygen atoms in total. The molecule has 2 rings (SSSR count). The van der Waals surface area contributed by atoms with Gasteiger partial charge in [-0.15, -0.1) is 0 Å². The first-order valence-electron chi connectivity index (χ1n) is 5.88. The molecule has 1 N–H and O–H groups in total. The van der Waals surface area contributed by atoms with E-state index in [0.29, 0.717) is 12.0 Å². The normalized spacial score (nSPS) is 30.6. The molecule has 0 aromatic heterocycles. The van der Waals surface area contributed by atoms with Gasteiger partial charge in [0.05, 0.1) is 19.8 Å². The third-order valence-corrected chi connectivity index (χ3v) is 3.27. The number of ether oxygens (including phenoxy) is 3. The maximum absolute atomic E-state index is 5.51. The third kappa shape index (κ3) is 3.14. The lowest BCUT2D eigenvalue weighted by atomic mass is 9.91. The van der Waals surface area contributed by atoms with Crippen molar-refractivity contribution in [3.05, 3.63) is 0 Å². The minimum absolute atomic E-state index is 0.00984. The molecule has 2 aliphatic rings. The van der Waals surface area contributed by atoms with Gasteiger partial charge in [-0.2, -0.15) is 0 Å². The van der Waals surface area contributed by atoms with Crippen molar-refractivity contribution in [2.45, 2.75) is 31.6 Å². The minimum atomic E-state index is -0.00984. The van der Waals surface area contributed by atoms with Crippen molar-refractivity contribution in [2.75, 3.05) is 33.5 Å². The highest BCUT2D eigenvalue weighted by Crippen LogP contribution is 2.22. The molecule has 2 aliphatic heterocycles. The Morgan fingerprint density at radius 2 is 2.07 bits per heavy atom. The highest BCUT2D eigenvalue weighted by atomic mass is 16.7. The molecule has 0 aliphatic carbocycles. The molecule has 0 saturated carbocycles. The van der Waals surface area contributed by atoms with Crippen molar-refractivity contribution in [1.29, 1.82) is 0 Å². The maximum Gasteiger partial charge on any atom is 0.159 e. The Morgan fingerprint density at radius 1 is 1.27 bits per heavy atom. The van der Waals surface area contributed by atoms with Crippen LogP contribution in [0.5, 0.6) is 0 Å². The van der Waals surface area contributed by atoms with Crippen LogP contribution in [0.2, 0.25) is 0 Å². The zero-order valence-electron chi connectivity index (χ0n) is 9.41. The highest BCUT2D eigenvalue weighted by molar-refractivity contribution is 4.79. The Labute approximate surface area is 91.3 Å². The Hall–Kier alpha value is -0.160. The van der Waals surface area contributed by atoms with Crippen LogP contribution in [-0.4, -0.2) is 45.8 Å². The van der Waals surface area contributed by atoms with Crippen molar-refractivity contribution >= 4 is 0 Å². The van der Waals surface area contributed by atoms with E-state index in [1.165, 1.54) is 12.8 Å². The van der Waals surface area contributed by atoms with Gasteiger partial charge in [-0.05, 0) is 25.8 Å². The van der Waals surface area contributed by atoms with Crippen molar-refractivity contribution in [2.24, 2.45) is 5.92 Å². The van der Waals surface area contributed by atoms with E-state index >= 15 is 0 Å². The molecule has 2 fully saturated rings. The van der Waals surface area contributed by atoms with E-state index in [9.17, 15) is 0 Å². The van der Waals surface area contributed by atoms with Gasteiger partial charge in [0.15, 0.2) is 6.29 Å². The van der Waals surface area contributed by atoms with Crippen LogP contribution in [0.15, 0.2) is 0 Å². The van der Waals surface area contributed by atoms with Crippen LogP contribution in [0.25, 0.3) is 0 Å². The van der Waals surface area contributed by atoms with E-state index in [4.69, 9.17) is 14.2 Å². The minimum Gasteiger partial charge on any atom is -0.381 e. The lowest BCUT2D eigenvalue weighted by Crippen LogP contribution is -2.40. The van der Waals surface area contributed by atoms with Crippen LogP contribution in [0.4, 0.5) is 0 Å². The Morgan fingerprint density at radius 3 is 2.67 bits per heavy atom. The van der Waals surface area contributed by atoms with Gasteiger partial charge in [-0.1, -0.05) is 0 Å². The Balaban J connectivity index is 1.79. The van der Waals surface area contributed by atoms with E-state index in [0.717, 1.165) is 32.8 Å². The summed E-state index contributed by atoms with van der Waals surface area (Å²) in [4.78, 5) is 0. The zero-order valence-corrected chi connectivity index (χ0v) is 9.41. The molecule has 0 radical (unpaired) electrons. The summed E-state index contributed by atoms with van der Waals surface area (Å²) in [5, 5.41) is 3.36. The molecule has 0 aromatic rings. The summed E-state index contributed by atoms with van der Waals surface area (Å²) in [5.41, 5.74) is 0. The van der Waals surface area contributed by atoms with Crippen LogP contribution in [0, 0.1) is 5.92 Å². The van der Waals surface area contributed by atoms with Crippen LogP contribution < -0.4 is 5.32 Å². The molecular weight excluding hydrogens is 194 g/mol. The van der Waals surface area contributed by atoms with E-state index in [2.05, 4.69) is 5.32 Å². The third-order valence-electron chi connectivity index (χ3n) is 3.27. The molecule has 0 bridgehead atoms. The van der Waals surface area contributed by atoms with Crippen molar-refractivity contribution in [1.82, 2.24) is 5.32 Å². The highest BCUT2D eigenvalue weighted by Gasteiger charge is 2.27. The van der Waals surface area contributed by atoms with E-state index < -0.39 is 0 Å². The fraction of sp³-hybridized carbons (Fsp3) is 1.00. The molecule has 0 aromatic carbocycles. The molecule has 88 valence electrons. The smallest absolute Gasteiger partial charge is 0.159 e. The summed E-state index contributed by atoms with van der Waals surface area (Å²) in [6.07, 6.45) is 3.35. The van der Waals surface area contributed by atoms with E-state index in [-0.39, 0.29) is 6.29 Å². The Kier molecular flexibility index (Phi) is 4.38. The van der Waals surface area contributed by atoms with Crippen LogP contribution >= 0.6 is 0 Å². The molecule has 2 unspecified atom stereocenters. The van der Waals surface area contributed by atoms with Gasteiger partial charge in [0.25, 0.3) is 0 Å². The van der Waals surface area contributed by atoms with Gasteiger partial charge in [0.1, 0.15) is 0 Å². The maximum atomic E-state index is 5.51. The van der Waals surface area contributed by atoms with Gasteiger partial charge >= 0.3 is 0 Å². The first-order valence-corrected chi connectivity index (χ1v) is 5.88. The molecular formula is C11H21NO3. The second-order valence-electron chi connectivity index (χ2n) is 4.28. The van der Waals surface area contributed by atoms with Crippen molar-refractivity contribution in [3.8, 4) is 0 Å². The monoisotopic (exact) mass is 215 g/mol. The number of nitrogens with one attached hydrogen (secondary N) is 1. The summed E-state index contributed by atoms with van der Waals surface area (Å²) in [6, 6.07) is 0.452. The topological polar surface area (TPSA) is 39.7 Å². The van der Waals surface area contributed by atoms with Gasteiger partial charge in [0, 0.05) is 19.1 Å². The van der Waals surface area contributed by atoms with Gasteiger partial charge in [0.2, 0.25) is 0 Å². The quantitative estimate of drug-likeness (QED) is 0.751. The zero-order chi connectivity index (χ0) is 10.5. The first-order chi connectivity index (χ1) is 7.40.